The molecule has 0 aromatic carbocycles. The van der Waals surface area contributed by atoms with Crippen LogP contribution in [0.3, 0.4) is 0 Å². The highest BCUT2D eigenvalue weighted by Crippen LogP contribution is 2.20. The molecule has 6 N–H and O–H groups in total. The van der Waals surface area contributed by atoms with Crippen LogP contribution < -0.4 is 0 Å². The van der Waals surface area contributed by atoms with Gasteiger partial charge in [-0.1, -0.05) is 6.92 Å². The van der Waals surface area contributed by atoms with Gasteiger partial charge in [-0.3, -0.25) is 19.2 Å². The first kappa shape index (κ1) is 28.7. The highest BCUT2D eigenvalue weighted by atomic mass is 16.5. The Labute approximate surface area is 181 Å². The van der Waals surface area contributed by atoms with Crippen LogP contribution in [-0.2, 0) is 38.2 Å². The van der Waals surface area contributed by atoms with E-state index in [9.17, 15) is 39.0 Å². The molecule has 0 heterocycles. The van der Waals surface area contributed by atoms with Crippen molar-refractivity contribution in [1.29, 1.82) is 0 Å². The molecule has 0 fully saturated rings. The number of carboxylic acid groups (broad SMARTS) is 4. The van der Waals surface area contributed by atoms with E-state index < -0.39 is 78.8 Å². The molecule has 0 aliphatic rings. The molecule has 0 saturated heterocycles. The van der Waals surface area contributed by atoms with Crippen molar-refractivity contribution < 1.29 is 68.9 Å². The lowest BCUT2D eigenvalue weighted by Gasteiger charge is -2.23. The van der Waals surface area contributed by atoms with Crippen molar-refractivity contribution in [3.8, 4) is 0 Å². The molecule has 14 nitrogen and oxygen atoms in total. The van der Waals surface area contributed by atoms with E-state index in [1.165, 1.54) is 0 Å². The number of ether oxygens (including phenoxy) is 2. The van der Waals surface area contributed by atoms with Crippen LogP contribution >= 0.6 is 0 Å². The largest absolute Gasteiger partial charge is 0.481 e. The summed E-state index contributed by atoms with van der Waals surface area (Å²) in [6.07, 6.45) is -4.95. The monoisotopic (exact) mass is 466 g/mol. The van der Waals surface area contributed by atoms with Crippen molar-refractivity contribution in [3.63, 3.8) is 0 Å². The maximum atomic E-state index is 11.9. The molecule has 0 aliphatic heterocycles. The molecular formula is C18H26O14. The zero-order valence-corrected chi connectivity index (χ0v) is 17.2. The minimum absolute atomic E-state index is 0.0975. The van der Waals surface area contributed by atoms with Crippen LogP contribution in [0.15, 0.2) is 0 Å². The molecule has 3 unspecified atom stereocenters. The molecule has 0 saturated carbocycles. The Hall–Kier alpha value is -3.26. The number of hydrogen-bond donors (Lipinski definition) is 6. The lowest BCUT2D eigenvalue weighted by atomic mass is 9.96. The van der Waals surface area contributed by atoms with Gasteiger partial charge in [0.1, 0.15) is 6.10 Å². The average Bonchev–Trinajstić information content (AvgIpc) is 2.62. The molecule has 0 amide bonds. The summed E-state index contributed by atoms with van der Waals surface area (Å²) in [6, 6.07) is 0. The summed E-state index contributed by atoms with van der Waals surface area (Å²) >= 11 is 0. The van der Waals surface area contributed by atoms with Gasteiger partial charge in [-0.2, -0.15) is 0 Å². The van der Waals surface area contributed by atoms with E-state index in [4.69, 9.17) is 29.9 Å². The fraction of sp³-hybridized carbons (Fsp3) is 0.667. The first-order valence-electron chi connectivity index (χ1n) is 9.35. The van der Waals surface area contributed by atoms with Crippen LogP contribution in [0.25, 0.3) is 0 Å². The second kappa shape index (κ2) is 12.6. The van der Waals surface area contributed by atoms with E-state index in [2.05, 4.69) is 0 Å². The predicted molar refractivity (Wildman–Crippen MR) is 99.3 cm³/mol. The third-order valence-electron chi connectivity index (χ3n) is 4.24. The summed E-state index contributed by atoms with van der Waals surface area (Å²) in [5.41, 5.74) is -5.67. The quantitative estimate of drug-likeness (QED) is 0.118. The molecule has 182 valence electrons. The minimum Gasteiger partial charge on any atom is -0.481 e. The van der Waals surface area contributed by atoms with Crippen molar-refractivity contribution in [3.05, 3.63) is 0 Å². The highest BCUT2D eigenvalue weighted by molar-refractivity contribution is 5.89. The Balaban J connectivity index is 4.62. The third-order valence-corrected chi connectivity index (χ3v) is 4.24. The number of rotatable bonds is 16. The first-order chi connectivity index (χ1) is 14.6. The maximum Gasteiger partial charge on any atom is 0.336 e. The molecule has 0 radical (unpaired) electrons. The molecule has 0 aliphatic carbocycles. The fourth-order valence-electron chi connectivity index (χ4n) is 2.53. The van der Waals surface area contributed by atoms with Crippen LogP contribution in [-0.4, -0.2) is 90.4 Å². The Morgan fingerprint density at radius 3 is 1.56 bits per heavy atom. The fourth-order valence-corrected chi connectivity index (χ4v) is 2.53. The van der Waals surface area contributed by atoms with E-state index in [0.29, 0.717) is 0 Å². The molecule has 0 rings (SSSR count). The van der Waals surface area contributed by atoms with Gasteiger partial charge in [-0.05, 0) is 19.3 Å². The molecular weight excluding hydrogens is 440 g/mol. The van der Waals surface area contributed by atoms with Gasteiger partial charge in [0.15, 0.2) is 11.2 Å². The van der Waals surface area contributed by atoms with Gasteiger partial charge < -0.3 is 40.1 Å². The Morgan fingerprint density at radius 1 is 0.750 bits per heavy atom. The van der Waals surface area contributed by atoms with E-state index in [0.717, 1.165) is 0 Å². The lowest BCUT2D eigenvalue weighted by molar-refractivity contribution is -0.174. The molecule has 0 spiro atoms. The highest BCUT2D eigenvalue weighted by Gasteiger charge is 2.42. The van der Waals surface area contributed by atoms with Gasteiger partial charge >= 0.3 is 35.8 Å². The Bertz CT molecular complexity index is 731. The molecule has 14 heteroatoms. The smallest absolute Gasteiger partial charge is 0.336 e. The number of carboxylic acids is 4. The maximum absolute atomic E-state index is 11.9. The standard InChI is InChI=1S/C18H26O14/c1-2-10(32-14(24)9-18(30,16(27)28)7-12(21)22)4-3-5-31-13(23)8-17(29,15(25)26)6-11(19)20/h10,29-30H,2-9H2,1H3,(H,19,20)(H,21,22)(H,25,26)(H,27,28). The number of carbonyl (C=O) groups excluding carboxylic acids is 2. The minimum atomic E-state index is -2.84. The number of hydrogen-bond acceptors (Lipinski definition) is 10. The van der Waals surface area contributed by atoms with E-state index in [1.54, 1.807) is 6.92 Å². The summed E-state index contributed by atoms with van der Waals surface area (Å²) < 4.78 is 9.76. The van der Waals surface area contributed by atoms with Crippen molar-refractivity contribution >= 4 is 35.8 Å². The average molecular weight is 466 g/mol. The second-order valence-corrected chi connectivity index (χ2v) is 7.05. The van der Waals surface area contributed by atoms with Gasteiger partial charge in [-0.15, -0.1) is 0 Å². The summed E-state index contributed by atoms with van der Waals surface area (Å²) in [4.78, 5) is 67.0. The van der Waals surface area contributed by atoms with Crippen LogP contribution in [0.2, 0.25) is 0 Å². The zero-order chi connectivity index (χ0) is 25.1. The van der Waals surface area contributed by atoms with Gasteiger partial charge in [0.25, 0.3) is 0 Å². The van der Waals surface area contributed by atoms with Crippen LogP contribution in [0, 0.1) is 0 Å². The van der Waals surface area contributed by atoms with Crippen molar-refractivity contribution in [2.45, 2.75) is 69.2 Å². The van der Waals surface area contributed by atoms with E-state index in [1.807, 2.05) is 0 Å². The number of aliphatic hydroxyl groups is 2. The number of aliphatic carboxylic acids is 4. The van der Waals surface area contributed by atoms with Crippen LogP contribution in [0.5, 0.6) is 0 Å². The molecule has 32 heavy (non-hydrogen) atoms. The summed E-state index contributed by atoms with van der Waals surface area (Å²) in [5.74, 6) is -9.38. The first-order valence-corrected chi connectivity index (χ1v) is 9.35. The Kier molecular flexibility index (Phi) is 11.3. The summed E-state index contributed by atoms with van der Waals surface area (Å²) in [7, 11) is 0. The van der Waals surface area contributed by atoms with Crippen LogP contribution in [0.4, 0.5) is 0 Å². The third kappa shape index (κ3) is 10.2. The normalized spacial score (nSPS) is 15.5. The predicted octanol–water partition coefficient (Wildman–Crippen LogP) is -1.01. The van der Waals surface area contributed by atoms with Crippen molar-refractivity contribution in [1.82, 2.24) is 0 Å². The molecule has 3 atom stereocenters. The molecule has 0 aromatic heterocycles. The van der Waals surface area contributed by atoms with Crippen LogP contribution in [0.1, 0.15) is 51.9 Å². The van der Waals surface area contributed by atoms with E-state index in [-0.39, 0.29) is 25.9 Å². The SMILES string of the molecule is CCC(CCCOC(=O)CC(O)(CC(=O)O)C(=O)O)OC(=O)CC(O)(CC(=O)O)C(=O)O. The Morgan fingerprint density at radius 2 is 1.19 bits per heavy atom. The zero-order valence-electron chi connectivity index (χ0n) is 17.2. The van der Waals surface area contributed by atoms with Crippen molar-refractivity contribution in [2.75, 3.05) is 6.61 Å². The second-order valence-electron chi connectivity index (χ2n) is 7.05. The summed E-state index contributed by atoms with van der Waals surface area (Å²) in [5, 5.41) is 54.8. The van der Waals surface area contributed by atoms with Crippen molar-refractivity contribution in [2.24, 2.45) is 0 Å². The van der Waals surface area contributed by atoms with Gasteiger partial charge in [0.2, 0.25) is 0 Å². The van der Waals surface area contributed by atoms with Gasteiger partial charge in [0.05, 0.1) is 32.3 Å². The number of esters is 2. The number of carbonyl (C=O) groups is 6. The lowest BCUT2D eigenvalue weighted by Crippen LogP contribution is -2.43. The summed E-state index contributed by atoms with van der Waals surface area (Å²) in [6.45, 7) is 1.33. The van der Waals surface area contributed by atoms with Gasteiger partial charge in [-0.25, -0.2) is 9.59 Å². The topological polar surface area (TPSA) is 242 Å². The molecule has 0 bridgehead atoms. The van der Waals surface area contributed by atoms with Gasteiger partial charge in [0, 0.05) is 0 Å². The van der Waals surface area contributed by atoms with E-state index >= 15 is 0 Å². The molecule has 0 aromatic rings.